The van der Waals surface area contributed by atoms with Crippen LogP contribution in [-0.4, -0.2) is 58.2 Å². The summed E-state index contributed by atoms with van der Waals surface area (Å²) >= 11 is 1.25. The SMILES string of the molecule is CCC(C)C(NC(=O)C1N2C(=O)CC2S(=O)(=O)C1(C)C)C(=O)Nc1nccs1. The van der Waals surface area contributed by atoms with E-state index in [2.05, 4.69) is 15.6 Å². The standard InChI is InChI=1S/C17H24N4O5S2/c1-5-9(2)12(14(23)20-16-18-6-7-27-16)19-15(24)13-17(3,4)28(25,26)11-8-10(22)21(11)13/h6-7,9,11-13H,5,8H2,1-4H3,(H,19,24)(H,18,20,23). The Hall–Kier alpha value is -2.01. The first-order chi connectivity index (χ1) is 13.0. The number of aromatic nitrogens is 1. The fraction of sp³-hybridized carbons (Fsp3) is 0.647. The molecular weight excluding hydrogens is 404 g/mol. The van der Waals surface area contributed by atoms with Crippen molar-refractivity contribution in [3.63, 3.8) is 0 Å². The molecule has 0 bridgehead atoms. The van der Waals surface area contributed by atoms with Crippen LogP contribution in [0.5, 0.6) is 0 Å². The lowest BCUT2D eigenvalue weighted by Gasteiger charge is -2.37. The highest BCUT2D eigenvalue weighted by atomic mass is 32.2. The van der Waals surface area contributed by atoms with Gasteiger partial charge in [-0.25, -0.2) is 13.4 Å². The van der Waals surface area contributed by atoms with Crippen LogP contribution < -0.4 is 10.6 Å². The number of amides is 3. The molecule has 4 atom stereocenters. The lowest BCUT2D eigenvalue weighted by atomic mass is 9.94. The molecule has 3 rings (SSSR count). The van der Waals surface area contributed by atoms with Crippen LogP contribution in [0.25, 0.3) is 0 Å². The van der Waals surface area contributed by atoms with Crippen molar-refractivity contribution in [3.05, 3.63) is 11.6 Å². The minimum atomic E-state index is -3.68. The fourth-order valence-electron chi connectivity index (χ4n) is 3.66. The average Bonchev–Trinajstić information content (AvgIpc) is 3.16. The van der Waals surface area contributed by atoms with Crippen molar-refractivity contribution < 1.29 is 22.8 Å². The summed E-state index contributed by atoms with van der Waals surface area (Å²) < 4.78 is 24.0. The number of carbonyl (C=O) groups is 3. The smallest absolute Gasteiger partial charge is 0.249 e. The van der Waals surface area contributed by atoms with Crippen LogP contribution >= 0.6 is 11.3 Å². The first-order valence-corrected chi connectivity index (χ1v) is 11.5. The van der Waals surface area contributed by atoms with Gasteiger partial charge in [0.05, 0.1) is 11.2 Å². The van der Waals surface area contributed by atoms with Crippen molar-refractivity contribution in [2.24, 2.45) is 5.92 Å². The normalized spacial score (nSPS) is 26.7. The highest BCUT2D eigenvalue weighted by molar-refractivity contribution is 7.93. The van der Waals surface area contributed by atoms with Gasteiger partial charge in [0.15, 0.2) is 15.0 Å². The Labute approximate surface area is 167 Å². The van der Waals surface area contributed by atoms with E-state index in [-0.39, 0.29) is 18.2 Å². The van der Waals surface area contributed by atoms with Gasteiger partial charge in [-0.2, -0.15) is 0 Å². The topological polar surface area (TPSA) is 126 Å². The van der Waals surface area contributed by atoms with Crippen LogP contribution in [0.1, 0.15) is 40.5 Å². The Bertz CT molecular complexity index is 897. The van der Waals surface area contributed by atoms with Gasteiger partial charge in [-0.15, -0.1) is 11.3 Å². The Kier molecular flexibility index (Phi) is 5.26. The average molecular weight is 429 g/mol. The monoisotopic (exact) mass is 428 g/mol. The number of hydrogen-bond acceptors (Lipinski definition) is 7. The number of carbonyl (C=O) groups excluding carboxylic acids is 3. The molecule has 3 amide bonds. The van der Waals surface area contributed by atoms with E-state index in [1.165, 1.54) is 25.2 Å². The van der Waals surface area contributed by atoms with Gasteiger partial charge in [0, 0.05) is 11.6 Å². The van der Waals surface area contributed by atoms with Crippen LogP contribution in [0.2, 0.25) is 0 Å². The number of hydrogen-bond donors (Lipinski definition) is 2. The van der Waals surface area contributed by atoms with Crippen LogP contribution in [0, 0.1) is 5.92 Å². The van der Waals surface area contributed by atoms with E-state index in [4.69, 9.17) is 0 Å². The number of nitrogens with one attached hydrogen (secondary N) is 2. The zero-order valence-corrected chi connectivity index (χ0v) is 17.8. The second-order valence-corrected chi connectivity index (χ2v) is 11.3. The van der Waals surface area contributed by atoms with Crippen molar-refractivity contribution in [2.75, 3.05) is 5.32 Å². The number of β-lactam (4-membered cyclic amide) rings is 1. The summed E-state index contributed by atoms with van der Waals surface area (Å²) in [5.41, 5.74) is 0. The van der Waals surface area contributed by atoms with Crippen molar-refractivity contribution in [1.82, 2.24) is 15.2 Å². The van der Waals surface area contributed by atoms with Gasteiger partial charge in [0.25, 0.3) is 0 Å². The first kappa shape index (κ1) is 20.7. The molecule has 3 heterocycles. The molecule has 2 N–H and O–H groups in total. The molecule has 2 fully saturated rings. The zero-order chi connectivity index (χ0) is 20.9. The van der Waals surface area contributed by atoms with Crippen LogP contribution in [0.15, 0.2) is 11.6 Å². The molecule has 154 valence electrons. The maximum atomic E-state index is 13.1. The van der Waals surface area contributed by atoms with E-state index in [1.54, 1.807) is 11.6 Å². The molecule has 11 heteroatoms. The lowest BCUT2D eigenvalue weighted by Crippen LogP contribution is -2.62. The predicted octanol–water partition coefficient (Wildman–Crippen LogP) is 0.747. The predicted molar refractivity (Wildman–Crippen MR) is 104 cm³/mol. The molecule has 0 spiro atoms. The maximum Gasteiger partial charge on any atom is 0.249 e. The molecule has 0 radical (unpaired) electrons. The van der Waals surface area contributed by atoms with Crippen molar-refractivity contribution in [2.45, 2.75) is 62.7 Å². The molecule has 1 aromatic heterocycles. The summed E-state index contributed by atoms with van der Waals surface area (Å²) in [4.78, 5) is 42.9. The third kappa shape index (κ3) is 3.10. The molecule has 2 aliphatic heterocycles. The van der Waals surface area contributed by atoms with Crippen LogP contribution in [-0.2, 0) is 24.2 Å². The van der Waals surface area contributed by atoms with E-state index >= 15 is 0 Å². The summed E-state index contributed by atoms with van der Waals surface area (Å²) in [6, 6.07) is -2.04. The summed E-state index contributed by atoms with van der Waals surface area (Å²) in [5, 5.41) is 6.52. The van der Waals surface area contributed by atoms with Gasteiger partial charge < -0.3 is 15.5 Å². The summed E-state index contributed by atoms with van der Waals surface area (Å²) in [6.07, 6.45) is 2.07. The summed E-state index contributed by atoms with van der Waals surface area (Å²) in [5.74, 6) is -1.63. The van der Waals surface area contributed by atoms with E-state index < -0.39 is 43.9 Å². The van der Waals surface area contributed by atoms with Crippen LogP contribution in [0.3, 0.4) is 0 Å². The molecule has 0 aromatic carbocycles. The molecular formula is C17H24N4O5S2. The van der Waals surface area contributed by atoms with E-state index in [9.17, 15) is 22.8 Å². The number of sulfone groups is 1. The first-order valence-electron chi connectivity index (χ1n) is 9.07. The molecule has 0 saturated carbocycles. The molecule has 2 aliphatic rings. The Morgan fingerprint density at radius 3 is 2.64 bits per heavy atom. The molecule has 4 unspecified atom stereocenters. The highest BCUT2D eigenvalue weighted by Gasteiger charge is 2.67. The largest absolute Gasteiger partial charge is 0.342 e. The molecule has 28 heavy (non-hydrogen) atoms. The Morgan fingerprint density at radius 2 is 2.11 bits per heavy atom. The fourth-order valence-corrected chi connectivity index (χ4v) is 6.32. The number of nitrogens with zero attached hydrogens (tertiary/aromatic N) is 2. The summed E-state index contributed by atoms with van der Waals surface area (Å²) in [6.45, 7) is 6.61. The van der Waals surface area contributed by atoms with E-state index in [1.807, 2.05) is 13.8 Å². The van der Waals surface area contributed by atoms with Crippen LogP contribution in [0.4, 0.5) is 5.13 Å². The maximum absolute atomic E-state index is 13.1. The number of rotatable bonds is 6. The van der Waals surface area contributed by atoms with Crippen molar-refractivity contribution in [3.8, 4) is 0 Å². The van der Waals surface area contributed by atoms with Gasteiger partial charge in [-0.05, 0) is 19.8 Å². The summed E-state index contributed by atoms with van der Waals surface area (Å²) in [7, 11) is -3.68. The molecule has 0 aliphatic carbocycles. The third-order valence-electron chi connectivity index (χ3n) is 5.68. The molecule has 9 nitrogen and oxygen atoms in total. The zero-order valence-electron chi connectivity index (χ0n) is 16.1. The second-order valence-electron chi connectivity index (χ2n) is 7.71. The lowest BCUT2D eigenvalue weighted by molar-refractivity contribution is -0.150. The quantitative estimate of drug-likeness (QED) is 0.644. The van der Waals surface area contributed by atoms with Crippen molar-refractivity contribution in [1.29, 1.82) is 0 Å². The minimum absolute atomic E-state index is 0.102. The number of anilines is 1. The third-order valence-corrected chi connectivity index (χ3v) is 9.17. The van der Waals surface area contributed by atoms with E-state index in [0.29, 0.717) is 11.6 Å². The van der Waals surface area contributed by atoms with Gasteiger partial charge in [-0.1, -0.05) is 20.3 Å². The number of fused-ring (bicyclic) bond motifs is 1. The van der Waals surface area contributed by atoms with Gasteiger partial charge in [0.1, 0.15) is 17.5 Å². The number of thiazole rings is 1. The van der Waals surface area contributed by atoms with Gasteiger partial charge in [0.2, 0.25) is 17.7 Å². The van der Waals surface area contributed by atoms with Gasteiger partial charge >= 0.3 is 0 Å². The molecule has 2 saturated heterocycles. The minimum Gasteiger partial charge on any atom is -0.342 e. The molecule has 1 aromatic rings. The highest BCUT2D eigenvalue weighted by Crippen LogP contribution is 2.45. The second kappa shape index (κ2) is 7.11. The Morgan fingerprint density at radius 1 is 1.43 bits per heavy atom. The van der Waals surface area contributed by atoms with Crippen molar-refractivity contribution >= 4 is 44.0 Å². The van der Waals surface area contributed by atoms with Gasteiger partial charge in [-0.3, -0.25) is 14.4 Å². The van der Waals surface area contributed by atoms with E-state index in [0.717, 1.165) is 4.90 Å². The Balaban J connectivity index is 1.83.